The van der Waals surface area contributed by atoms with E-state index in [2.05, 4.69) is 10.4 Å². The monoisotopic (exact) mass is 262 g/mol. The van der Waals surface area contributed by atoms with Crippen LogP contribution in [0.3, 0.4) is 0 Å². The lowest BCUT2D eigenvalue weighted by Gasteiger charge is -2.02. The Morgan fingerprint density at radius 2 is 2.06 bits per heavy atom. The Hall–Kier alpha value is -1.39. The molecule has 0 amide bonds. The topological polar surface area (TPSA) is 48.1 Å². The number of ether oxygens (including phenoxy) is 1. The van der Waals surface area contributed by atoms with Gasteiger partial charge in [0.15, 0.2) is 0 Å². The van der Waals surface area contributed by atoms with E-state index in [0.717, 1.165) is 34.9 Å². The third-order valence-corrected chi connectivity index (χ3v) is 3.68. The second kappa shape index (κ2) is 5.98. The van der Waals surface area contributed by atoms with Gasteiger partial charge in [-0.05, 0) is 44.0 Å². The Morgan fingerprint density at radius 3 is 2.67 bits per heavy atom. The number of aryl methyl sites for hydroxylation is 1. The molecule has 4 heteroatoms. The van der Waals surface area contributed by atoms with Crippen LogP contribution < -0.4 is 10.5 Å². The van der Waals surface area contributed by atoms with Crippen molar-refractivity contribution in [3.05, 3.63) is 35.3 Å². The first-order chi connectivity index (χ1) is 8.69. The minimum absolute atomic E-state index is 0.233. The Balaban J connectivity index is 2.08. The summed E-state index contributed by atoms with van der Waals surface area (Å²) in [6.45, 7) is 2.02. The lowest BCUT2D eigenvalue weighted by molar-refractivity contribution is 0.415. The summed E-state index contributed by atoms with van der Waals surface area (Å²) in [5.41, 5.74) is 8.01. The van der Waals surface area contributed by atoms with Gasteiger partial charge in [-0.1, -0.05) is 0 Å². The average molecular weight is 262 g/mol. The largest absolute Gasteiger partial charge is 0.497 e. The molecule has 1 atom stereocenters. The van der Waals surface area contributed by atoms with Crippen molar-refractivity contribution in [3.63, 3.8) is 0 Å². The molecule has 0 aliphatic carbocycles. The molecule has 1 heterocycles. The number of hydrogen-bond acceptors (Lipinski definition) is 4. The quantitative estimate of drug-likeness (QED) is 0.900. The third kappa shape index (κ3) is 3.31. The molecule has 1 aromatic carbocycles. The first-order valence-electron chi connectivity index (χ1n) is 6.03. The minimum atomic E-state index is 0.233. The Bertz CT molecular complexity index is 491. The fourth-order valence-electron chi connectivity index (χ4n) is 1.66. The molecule has 0 spiro atoms. The number of rotatable bonds is 5. The van der Waals surface area contributed by atoms with Gasteiger partial charge in [-0.25, -0.2) is 4.98 Å². The van der Waals surface area contributed by atoms with Crippen molar-refractivity contribution in [3.8, 4) is 16.3 Å². The van der Waals surface area contributed by atoms with E-state index in [-0.39, 0.29) is 6.04 Å². The smallest absolute Gasteiger partial charge is 0.123 e. The van der Waals surface area contributed by atoms with Crippen LogP contribution in [0.1, 0.15) is 19.0 Å². The molecule has 2 rings (SSSR count). The van der Waals surface area contributed by atoms with Crippen molar-refractivity contribution < 1.29 is 4.74 Å². The average Bonchev–Trinajstić information content (AvgIpc) is 2.85. The van der Waals surface area contributed by atoms with Crippen molar-refractivity contribution in [1.82, 2.24) is 4.98 Å². The molecule has 3 nitrogen and oxygen atoms in total. The van der Waals surface area contributed by atoms with Crippen LogP contribution in [-0.2, 0) is 6.42 Å². The van der Waals surface area contributed by atoms with Crippen LogP contribution in [0.2, 0.25) is 0 Å². The molecule has 0 radical (unpaired) electrons. The highest BCUT2D eigenvalue weighted by molar-refractivity contribution is 7.13. The first kappa shape index (κ1) is 13.1. The number of hydrogen-bond donors (Lipinski definition) is 1. The summed E-state index contributed by atoms with van der Waals surface area (Å²) in [5, 5.41) is 3.17. The van der Waals surface area contributed by atoms with Crippen molar-refractivity contribution in [2.75, 3.05) is 7.11 Å². The van der Waals surface area contributed by atoms with Gasteiger partial charge < -0.3 is 10.5 Å². The van der Waals surface area contributed by atoms with E-state index in [1.54, 1.807) is 18.4 Å². The number of thiazole rings is 1. The zero-order valence-corrected chi connectivity index (χ0v) is 11.5. The summed E-state index contributed by atoms with van der Waals surface area (Å²) >= 11 is 1.68. The highest BCUT2D eigenvalue weighted by atomic mass is 32.1. The van der Waals surface area contributed by atoms with E-state index in [1.807, 2.05) is 31.2 Å². The summed E-state index contributed by atoms with van der Waals surface area (Å²) in [5.74, 6) is 0.868. The Kier molecular flexibility index (Phi) is 4.33. The van der Waals surface area contributed by atoms with Crippen LogP contribution in [0.5, 0.6) is 5.75 Å². The molecule has 0 fully saturated rings. The van der Waals surface area contributed by atoms with E-state index in [4.69, 9.17) is 10.5 Å². The standard InChI is InChI=1S/C14H18N2OS/c1-10(15)3-6-12-9-18-14(16-12)11-4-7-13(17-2)8-5-11/h4-5,7-10H,3,6,15H2,1-2H3. The highest BCUT2D eigenvalue weighted by Crippen LogP contribution is 2.26. The molecule has 0 aliphatic heterocycles. The number of methoxy groups -OCH3 is 1. The van der Waals surface area contributed by atoms with E-state index < -0.39 is 0 Å². The molecule has 18 heavy (non-hydrogen) atoms. The van der Waals surface area contributed by atoms with Gasteiger partial charge >= 0.3 is 0 Å². The number of nitrogens with two attached hydrogens (primary N) is 1. The summed E-state index contributed by atoms with van der Waals surface area (Å²) in [7, 11) is 1.67. The minimum Gasteiger partial charge on any atom is -0.497 e. The number of aromatic nitrogens is 1. The summed E-state index contributed by atoms with van der Waals surface area (Å²) in [6.07, 6.45) is 1.93. The Labute approximate surface area is 112 Å². The molecule has 1 aromatic heterocycles. The zero-order chi connectivity index (χ0) is 13.0. The predicted molar refractivity (Wildman–Crippen MR) is 76.1 cm³/mol. The van der Waals surface area contributed by atoms with Crippen molar-refractivity contribution in [1.29, 1.82) is 0 Å². The van der Waals surface area contributed by atoms with Crippen LogP contribution >= 0.6 is 11.3 Å². The van der Waals surface area contributed by atoms with Crippen LogP contribution in [-0.4, -0.2) is 18.1 Å². The zero-order valence-electron chi connectivity index (χ0n) is 10.7. The van der Waals surface area contributed by atoms with Gasteiger partial charge in [0.1, 0.15) is 10.8 Å². The SMILES string of the molecule is COc1ccc(-c2nc(CCC(C)N)cs2)cc1. The second-order valence-corrected chi connectivity index (χ2v) is 5.25. The van der Waals surface area contributed by atoms with Gasteiger partial charge in [0.2, 0.25) is 0 Å². The van der Waals surface area contributed by atoms with Crippen molar-refractivity contribution in [2.24, 2.45) is 5.73 Å². The van der Waals surface area contributed by atoms with E-state index in [9.17, 15) is 0 Å². The summed E-state index contributed by atoms with van der Waals surface area (Å²) in [4.78, 5) is 4.63. The molecule has 0 saturated heterocycles. The molecule has 0 bridgehead atoms. The summed E-state index contributed by atoms with van der Waals surface area (Å²) < 4.78 is 5.14. The Morgan fingerprint density at radius 1 is 1.33 bits per heavy atom. The molecule has 1 unspecified atom stereocenters. The van der Waals surface area contributed by atoms with Crippen LogP contribution in [0.25, 0.3) is 10.6 Å². The van der Waals surface area contributed by atoms with Crippen LogP contribution in [0.15, 0.2) is 29.6 Å². The van der Waals surface area contributed by atoms with E-state index in [1.165, 1.54) is 0 Å². The lowest BCUT2D eigenvalue weighted by Crippen LogP contribution is -2.15. The second-order valence-electron chi connectivity index (χ2n) is 4.39. The fourth-order valence-corrected chi connectivity index (χ4v) is 2.52. The van der Waals surface area contributed by atoms with Gasteiger partial charge in [-0.3, -0.25) is 0 Å². The number of nitrogens with zero attached hydrogens (tertiary/aromatic N) is 1. The maximum atomic E-state index is 5.75. The van der Waals surface area contributed by atoms with Gasteiger partial charge in [0.05, 0.1) is 12.8 Å². The molecular formula is C14H18N2OS. The van der Waals surface area contributed by atoms with Gasteiger partial charge in [-0.15, -0.1) is 11.3 Å². The highest BCUT2D eigenvalue weighted by Gasteiger charge is 2.05. The number of benzene rings is 1. The summed E-state index contributed by atoms with van der Waals surface area (Å²) in [6, 6.07) is 8.22. The normalized spacial score (nSPS) is 12.4. The molecule has 2 aromatic rings. The third-order valence-electron chi connectivity index (χ3n) is 2.74. The molecule has 96 valence electrons. The van der Waals surface area contributed by atoms with E-state index >= 15 is 0 Å². The fraction of sp³-hybridized carbons (Fsp3) is 0.357. The van der Waals surface area contributed by atoms with Crippen LogP contribution in [0.4, 0.5) is 0 Å². The maximum Gasteiger partial charge on any atom is 0.123 e. The molecular weight excluding hydrogens is 244 g/mol. The molecule has 0 aliphatic rings. The van der Waals surface area contributed by atoms with Crippen LogP contribution in [0, 0.1) is 0 Å². The molecule has 2 N–H and O–H groups in total. The van der Waals surface area contributed by atoms with Crippen molar-refractivity contribution >= 4 is 11.3 Å². The first-order valence-corrected chi connectivity index (χ1v) is 6.91. The molecule has 0 saturated carbocycles. The maximum absolute atomic E-state index is 5.75. The van der Waals surface area contributed by atoms with Gasteiger partial charge in [0.25, 0.3) is 0 Å². The van der Waals surface area contributed by atoms with Crippen molar-refractivity contribution in [2.45, 2.75) is 25.8 Å². The predicted octanol–water partition coefficient (Wildman–Crippen LogP) is 3.10. The van der Waals surface area contributed by atoms with E-state index in [0.29, 0.717) is 0 Å². The van der Waals surface area contributed by atoms with Gasteiger partial charge in [-0.2, -0.15) is 0 Å². The van der Waals surface area contributed by atoms with Gasteiger partial charge in [0, 0.05) is 17.0 Å². The lowest BCUT2D eigenvalue weighted by atomic mass is 10.1.